The molecule has 0 saturated heterocycles. The van der Waals surface area contributed by atoms with E-state index in [0.29, 0.717) is 13.0 Å². The SMILES string of the molecule is C/C=C\C=C(\C)C(C)C(=O)N(C=O)Cc1ccc(Cn2c(C)nc3ccccc32)s1. The summed E-state index contributed by atoms with van der Waals surface area (Å²) in [5.74, 6) is 0.438. The lowest BCUT2D eigenvalue weighted by Gasteiger charge is -2.19. The lowest BCUT2D eigenvalue weighted by molar-refractivity contribution is -0.140. The van der Waals surface area contributed by atoms with Crippen molar-refractivity contribution in [3.05, 3.63) is 75.8 Å². The number of imide groups is 1. The van der Waals surface area contributed by atoms with Crippen molar-refractivity contribution in [2.75, 3.05) is 0 Å². The van der Waals surface area contributed by atoms with Crippen LogP contribution in [0.2, 0.25) is 0 Å². The third kappa shape index (κ3) is 4.76. The lowest BCUT2D eigenvalue weighted by Crippen LogP contribution is -2.33. The predicted molar refractivity (Wildman–Crippen MR) is 122 cm³/mol. The van der Waals surface area contributed by atoms with Gasteiger partial charge < -0.3 is 4.57 Å². The molecule has 156 valence electrons. The summed E-state index contributed by atoms with van der Waals surface area (Å²) in [6, 6.07) is 12.1. The van der Waals surface area contributed by atoms with Crippen LogP contribution < -0.4 is 0 Å². The fraction of sp³-hybridized carbons (Fsp3) is 0.292. The Labute approximate surface area is 181 Å². The molecule has 2 amide bonds. The molecule has 1 unspecified atom stereocenters. The van der Waals surface area contributed by atoms with Gasteiger partial charge in [0.1, 0.15) is 5.82 Å². The first-order valence-electron chi connectivity index (χ1n) is 9.99. The molecule has 3 rings (SSSR count). The molecule has 1 atom stereocenters. The van der Waals surface area contributed by atoms with E-state index < -0.39 is 0 Å². The average molecular weight is 422 g/mol. The highest BCUT2D eigenvalue weighted by molar-refractivity contribution is 7.12. The van der Waals surface area contributed by atoms with Crippen molar-refractivity contribution in [1.82, 2.24) is 14.5 Å². The molecule has 3 aromatic rings. The number of carbonyl (C=O) groups excluding carboxylic acids is 2. The van der Waals surface area contributed by atoms with Crippen LogP contribution in [0.3, 0.4) is 0 Å². The van der Waals surface area contributed by atoms with E-state index in [0.717, 1.165) is 32.2 Å². The molecule has 0 N–H and O–H groups in total. The molecule has 0 aliphatic heterocycles. The van der Waals surface area contributed by atoms with Gasteiger partial charge in [-0.15, -0.1) is 11.3 Å². The predicted octanol–water partition coefficient (Wildman–Crippen LogP) is 5.10. The molecular formula is C24H27N3O2S. The van der Waals surface area contributed by atoms with Gasteiger partial charge >= 0.3 is 0 Å². The van der Waals surface area contributed by atoms with E-state index in [2.05, 4.69) is 21.7 Å². The molecule has 2 aromatic heterocycles. The number of hydrogen-bond donors (Lipinski definition) is 0. The number of nitrogens with zero attached hydrogens (tertiary/aromatic N) is 3. The van der Waals surface area contributed by atoms with Gasteiger partial charge in [-0.1, -0.05) is 35.9 Å². The van der Waals surface area contributed by atoms with Crippen molar-refractivity contribution < 1.29 is 9.59 Å². The van der Waals surface area contributed by atoms with Crippen molar-refractivity contribution >= 4 is 34.7 Å². The van der Waals surface area contributed by atoms with Gasteiger partial charge in [-0.2, -0.15) is 0 Å². The van der Waals surface area contributed by atoms with Crippen LogP contribution in [0.1, 0.15) is 36.3 Å². The fourth-order valence-electron chi connectivity index (χ4n) is 3.31. The number of thiophene rings is 1. The fourth-order valence-corrected chi connectivity index (χ4v) is 4.32. The van der Waals surface area contributed by atoms with Crippen LogP contribution in [-0.4, -0.2) is 26.8 Å². The van der Waals surface area contributed by atoms with E-state index in [1.807, 2.05) is 70.2 Å². The minimum Gasteiger partial charge on any atom is -0.323 e. The molecule has 0 bridgehead atoms. The van der Waals surface area contributed by atoms with Crippen molar-refractivity contribution in [3.8, 4) is 0 Å². The van der Waals surface area contributed by atoms with Crippen LogP contribution in [0.15, 0.2) is 60.2 Å². The van der Waals surface area contributed by atoms with Crippen molar-refractivity contribution in [2.45, 2.75) is 40.8 Å². The number of benzene rings is 1. The van der Waals surface area contributed by atoms with Gasteiger partial charge in [0, 0.05) is 9.75 Å². The first kappa shape index (κ1) is 21.7. The Bertz CT molecular complexity index is 1110. The first-order valence-corrected chi connectivity index (χ1v) is 10.8. The van der Waals surface area contributed by atoms with Crippen LogP contribution in [0, 0.1) is 12.8 Å². The van der Waals surface area contributed by atoms with E-state index in [1.165, 1.54) is 4.90 Å². The van der Waals surface area contributed by atoms with Gasteiger partial charge in [0.05, 0.1) is 30.0 Å². The molecule has 0 saturated carbocycles. The van der Waals surface area contributed by atoms with Gasteiger partial charge in [0.2, 0.25) is 12.3 Å². The van der Waals surface area contributed by atoms with Crippen LogP contribution in [0.4, 0.5) is 0 Å². The normalized spacial score (nSPS) is 13.1. The average Bonchev–Trinajstić information content (AvgIpc) is 3.33. The highest BCUT2D eigenvalue weighted by Crippen LogP contribution is 2.24. The van der Waals surface area contributed by atoms with Gasteiger partial charge in [0.15, 0.2) is 0 Å². The van der Waals surface area contributed by atoms with Crippen molar-refractivity contribution in [1.29, 1.82) is 0 Å². The maximum Gasteiger partial charge on any atom is 0.236 e. The molecule has 6 heteroatoms. The Morgan fingerprint density at radius 3 is 2.70 bits per heavy atom. The van der Waals surface area contributed by atoms with E-state index in [1.54, 1.807) is 11.3 Å². The van der Waals surface area contributed by atoms with Gasteiger partial charge in [-0.05, 0) is 52.0 Å². The topological polar surface area (TPSA) is 55.2 Å². The highest BCUT2D eigenvalue weighted by Gasteiger charge is 2.22. The second-order valence-electron chi connectivity index (χ2n) is 7.33. The maximum absolute atomic E-state index is 12.8. The molecule has 30 heavy (non-hydrogen) atoms. The number of allylic oxidation sites excluding steroid dienone is 3. The number of hydrogen-bond acceptors (Lipinski definition) is 4. The Kier molecular flexibility index (Phi) is 7.00. The van der Waals surface area contributed by atoms with E-state index in [9.17, 15) is 9.59 Å². The zero-order valence-electron chi connectivity index (χ0n) is 17.8. The Morgan fingerprint density at radius 2 is 1.97 bits per heavy atom. The standard InChI is InChI=1S/C24H27N3O2S/c1-5-6-9-17(2)18(3)24(29)26(16-28)14-20-12-13-21(30-20)15-27-19(4)25-22-10-7-8-11-23(22)27/h5-13,16,18H,14-15H2,1-4H3/b6-5-,17-9-. The molecule has 5 nitrogen and oxygen atoms in total. The summed E-state index contributed by atoms with van der Waals surface area (Å²) in [6.45, 7) is 8.68. The van der Waals surface area contributed by atoms with Crippen LogP contribution in [-0.2, 0) is 22.7 Å². The summed E-state index contributed by atoms with van der Waals surface area (Å²) in [6.07, 6.45) is 6.36. The Morgan fingerprint density at radius 1 is 1.23 bits per heavy atom. The summed E-state index contributed by atoms with van der Waals surface area (Å²) in [5.41, 5.74) is 3.02. The number of aromatic nitrogens is 2. The van der Waals surface area contributed by atoms with Crippen LogP contribution >= 0.6 is 11.3 Å². The van der Waals surface area contributed by atoms with Crippen molar-refractivity contribution in [3.63, 3.8) is 0 Å². The minimum absolute atomic E-state index is 0.186. The highest BCUT2D eigenvalue weighted by atomic mass is 32.1. The Hall–Kier alpha value is -2.99. The van der Waals surface area contributed by atoms with E-state index >= 15 is 0 Å². The smallest absolute Gasteiger partial charge is 0.236 e. The number of carbonyl (C=O) groups is 2. The summed E-state index contributed by atoms with van der Waals surface area (Å²) in [5, 5.41) is 0. The van der Waals surface area contributed by atoms with Crippen LogP contribution in [0.25, 0.3) is 11.0 Å². The molecule has 1 aromatic carbocycles. The maximum atomic E-state index is 12.8. The Balaban J connectivity index is 1.73. The molecule has 0 radical (unpaired) electrons. The lowest BCUT2D eigenvalue weighted by atomic mass is 10.0. The monoisotopic (exact) mass is 421 g/mol. The molecule has 0 fully saturated rings. The van der Waals surface area contributed by atoms with E-state index in [4.69, 9.17) is 0 Å². The van der Waals surface area contributed by atoms with Gasteiger partial charge in [0.25, 0.3) is 0 Å². The summed E-state index contributed by atoms with van der Waals surface area (Å²) in [7, 11) is 0. The number of para-hydroxylation sites is 2. The van der Waals surface area contributed by atoms with Crippen LogP contribution in [0.5, 0.6) is 0 Å². The summed E-state index contributed by atoms with van der Waals surface area (Å²) in [4.78, 5) is 32.4. The quantitative estimate of drug-likeness (QED) is 0.376. The minimum atomic E-state index is -0.342. The van der Waals surface area contributed by atoms with Gasteiger partial charge in [-0.3, -0.25) is 14.5 Å². The number of rotatable bonds is 8. The molecule has 2 heterocycles. The number of fused-ring (bicyclic) bond motifs is 1. The summed E-state index contributed by atoms with van der Waals surface area (Å²) >= 11 is 1.62. The second kappa shape index (κ2) is 9.67. The zero-order valence-corrected chi connectivity index (χ0v) is 18.6. The number of aryl methyl sites for hydroxylation is 1. The molecular weight excluding hydrogens is 394 g/mol. The van der Waals surface area contributed by atoms with Crippen molar-refractivity contribution in [2.24, 2.45) is 5.92 Å². The third-order valence-corrected chi connectivity index (χ3v) is 6.27. The largest absolute Gasteiger partial charge is 0.323 e. The second-order valence-corrected chi connectivity index (χ2v) is 8.58. The van der Waals surface area contributed by atoms with E-state index in [-0.39, 0.29) is 18.4 Å². The molecule has 0 aliphatic carbocycles. The number of amides is 2. The van der Waals surface area contributed by atoms with Gasteiger partial charge in [-0.25, -0.2) is 4.98 Å². The zero-order chi connectivity index (χ0) is 21.7. The third-order valence-electron chi connectivity index (χ3n) is 5.22. The molecule has 0 spiro atoms. The number of imidazole rings is 1. The molecule has 0 aliphatic rings. The first-order chi connectivity index (χ1) is 14.4. The summed E-state index contributed by atoms with van der Waals surface area (Å²) < 4.78 is 2.19.